The summed E-state index contributed by atoms with van der Waals surface area (Å²) in [5.41, 5.74) is 13.3. The molecule has 290 valence electrons. The smallest absolute Gasteiger partial charge is 0.238 e. The molecule has 6 nitrogen and oxygen atoms in total. The molecular weight excluding hydrogens is 757 g/mol. The summed E-state index contributed by atoms with van der Waals surface area (Å²) in [4.78, 5) is 21.0. The SMILES string of the molecule is c1ccc(-c2cc(-c3ccccc3)nc(-c3cccc(-c4nc(-c5ccccc5)nc(-n5c6ccccc6c6c7c8ccccc8n(-c8ccccc8)c7ccc65)n4)c3)c2)cc1. The molecule has 0 aliphatic rings. The molecule has 0 saturated heterocycles. The third-order valence-electron chi connectivity index (χ3n) is 11.8. The Morgan fingerprint density at radius 3 is 1.39 bits per heavy atom. The molecule has 0 bridgehead atoms. The second kappa shape index (κ2) is 14.7. The Bertz CT molecular complexity index is 3560. The monoisotopic (exact) mass is 792 g/mol. The predicted octanol–water partition coefficient (Wildman–Crippen LogP) is 13.8. The molecule has 0 aliphatic carbocycles. The van der Waals surface area contributed by atoms with Crippen molar-refractivity contribution in [3.05, 3.63) is 218 Å². The summed E-state index contributed by atoms with van der Waals surface area (Å²) in [6, 6.07) is 76.1. The van der Waals surface area contributed by atoms with E-state index in [0.29, 0.717) is 17.6 Å². The van der Waals surface area contributed by atoms with Gasteiger partial charge in [0.1, 0.15) is 0 Å². The molecule has 0 saturated carbocycles. The molecule has 62 heavy (non-hydrogen) atoms. The third kappa shape index (κ3) is 5.96. The van der Waals surface area contributed by atoms with Crippen LogP contribution in [0.5, 0.6) is 0 Å². The normalized spacial score (nSPS) is 11.5. The summed E-state index contributed by atoms with van der Waals surface area (Å²) in [5.74, 6) is 1.72. The highest BCUT2D eigenvalue weighted by atomic mass is 15.2. The number of pyridine rings is 1. The lowest BCUT2D eigenvalue weighted by Gasteiger charge is -2.13. The van der Waals surface area contributed by atoms with Crippen molar-refractivity contribution >= 4 is 43.6 Å². The Kier molecular flexibility index (Phi) is 8.38. The van der Waals surface area contributed by atoms with Crippen LogP contribution in [0.25, 0.3) is 112 Å². The molecular formula is C56H36N6. The number of fused-ring (bicyclic) bond motifs is 7. The van der Waals surface area contributed by atoms with Crippen LogP contribution in [-0.4, -0.2) is 29.1 Å². The maximum atomic E-state index is 5.35. The van der Waals surface area contributed by atoms with E-state index in [2.05, 4.69) is 197 Å². The van der Waals surface area contributed by atoms with Gasteiger partial charge < -0.3 is 4.57 Å². The first-order valence-electron chi connectivity index (χ1n) is 20.8. The van der Waals surface area contributed by atoms with Crippen LogP contribution in [0.3, 0.4) is 0 Å². The minimum atomic E-state index is 0.548. The van der Waals surface area contributed by atoms with E-state index in [0.717, 1.165) is 83.3 Å². The summed E-state index contributed by atoms with van der Waals surface area (Å²) in [6.07, 6.45) is 0. The quantitative estimate of drug-likeness (QED) is 0.161. The van der Waals surface area contributed by atoms with Crippen LogP contribution in [-0.2, 0) is 0 Å². The maximum absolute atomic E-state index is 5.35. The largest absolute Gasteiger partial charge is 0.309 e. The van der Waals surface area contributed by atoms with E-state index >= 15 is 0 Å². The molecule has 4 heterocycles. The van der Waals surface area contributed by atoms with Gasteiger partial charge in [-0.3, -0.25) is 4.57 Å². The first-order valence-corrected chi connectivity index (χ1v) is 20.8. The van der Waals surface area contributed by atoms with Crippen LogP contribution < -0.4 is 0 Å². The zero-order valence-corrected chi connectivity index (χ0v) is 33.5. The predicted molar refractivity (Wildman–Crippen MR) is 253 cm³/mol. The number of hydrogen-bond acceptors (Lipinski definition) is 4. The number of hydrogen-bond donors (Lipinski definition) is 0. The molecule has 12 aromatic rings. The van der Waals surface area contributed by atoms with Crippen molar-refractivity contribution in [2.24, 2.45) is 0 Å². The van der Waals surface area contributed by atoms with E-state index in [-0.39, 0.29) is 0 Å². The molecule has 0 atom stereocenters. The zero-order chi connectivity index (χ0) is 41.0. The Balaban J connectivity index is 1.08. The topological polar surface area (TPSA) is 61.4 Å². The van der Waals surface area contributed by atoms with E-state index < -0.39 is 0 Å². The lowest BCUT2D eigenvalue weighted by atomic mass is 9.99. The summed E-state index contributed by atoms with van der Waals surface area (Å²) in [7, 11) is 0. The van der Waals surface area contributed by atoms with Gasteiger partial charge in [-0.05, 0) is 65.7 Å². The second-order valence-corrected chi connectivity index (χ2v) is 15.5. The minimum Gasteiger partial charge on any atom is -0.309 e. The van der Waals surface area contributed by atoms with Gasteiger partial charge in [-0.2, -0.15) is 9.97 Å². The second-order valence-electron chi connectivity index (χ2n) is 15.5. The first kappa shape index (κ1) is 35.5. The van der Waals surface area contributed by atoms with Crippen LogP contribution in [0.2, 0.25) is 0 Å². The molecule has 6 heteroatoms. The summed E-state index contributed by atoms with van der Waals surface area (Å²) in [6.45, 7) is 0. The van der Waals surface area contributed by atoms with Crippen molar-refractivity contribution in [1.29, 1.82) is 0 Å². The first-order chi connectivity index (χ1) is 30.7. The number of para-hydroxylation sites is 3. The lowest BCUT2D eigenvalue weighted by Crippen LogP contribution is -2.06. The fourth-order valence-corrected chi connectivity index (χ4v) is 8.95. The van der Waals surface area contributed by atoms with E-state index in [1.54, 1.807) is 0 Å². The number of benzene rings is 8. The van der Waals surface area contributed by atoms with Crippen molar-refractivity contribution in [3.8, 4) is 68.1 Å². The fourth-order valence-electron chi connectivity index (χ4n) is 8.95. The lowest BCUT2D eigenvalue weighted by molar-refractivity contribution is 0.953. The van der Waals surface area contributed by atoms with Gasteiger partial charge in [0, 0.05) is 49.5 Å². The highest BCUT2D eigenvalue weighted by Gasteiger charge is 2.23. The maximum Gasteiger partial charge on any atom is 0.238 e. The van der Waals surface area contributed by atoms with E-state index in [1.165, 1.54) is 10.8 Å². The number of aromatic nitrogens is 6. The molecule has 0 aliphatic heterocycles. The van der Waals surface area contributed by atoms with Crippen LogP contribution in [0.15, 0.2) is 218 Å². The Hall–Kier alpha value is -8.48. The Morgan fingerprint density at radius 2 is 0.742 bits per heavy atom. The van der Waals surface area contributed by atoms with Crippen molar-refractivity contribution in [2.75, 3.05) is 0 Å². The van der Waals surface area contributed by atoms with Crippen molar-refractivity contribution in [2.45, 2.75) is 0 Å². The highest BCUT2D eigenvalue weighted by molar-refractivity contribution is 6.28. The summed E-state index contributed by atoms with van der Waals surface area (Å²) in [5, 5.41) is 4.68. The standard InChI is InChI=1S/C56H36N6/c1-5-18-37(19-6-1)42-35-46(38-20-7-2-8-21-38)57-47(36-42)40-24-17-25-41(34-40)55-58-54(39-22-9-3-10-23-39)59-56(60-55)62-49-31-16-14-29-45(49)53-51(62)33-32-50-52(53)44-28-13-15-30-48(44)61(50)43-26-11-4-12-27-43/h1-36H. The third-order valence-corrected chi connectivity index (χ3v) is 11.8. The van der Waals surface area contributed by atoms with Gasteiger partial charge in [0.15, 0.2) is 11.6 Å². The van der Waals surface area contributed by atoms with Crippen LogP contribution in [0.1, 0.15) is 0 Å². The molecule has 0 amide bonds. The Labute approximate surface area is 357 Å². The summed E-state index contributed by atoms with van der Waals surface area (Å²) >= 11 is 0. The van der Waals surface area contributed by atoms with Gasteiger partial charge in [0.2, 0.25) is 5.95 Å². The molecule has 0 N–H and O–H groups in total. The van der Waals surface area contributed by atoms with Crippen molar-refractivity contribution in [1.82, 2.24) is 29.1 Å². The minimum absolute atomic E-state index is 0.548. The molecule has 0 spiro atoms. The van der Waals surface area contributed by atoms with E-state index in [9.17, 15) is 0 Å². The number of rotatable bonds is 7. The van der Waals surface area contributed by atoms with Crippen LogP contribution in [0, 0.1) is 0 Å². The van der Waals surface area contributed by atoms with Gasteiger partial charge in [-0.15, -0.1) is 0 Å². The van der Waals surface area contributed by atoms with Gasteiger partial charge >= 0.3 is 0 Å². The molecule has 0 radical (unpaired) electrons. The van der Waals surface area contributed by atoms with E-state index in [4.69, 9.17) is 19.9 Å². The zero-order valence-electron chi connectivity index (χ0n) is 33.5. The molecule has 4 aromatic heterocycles. The molecule has 8 aromatic carbocycles. The Morgan fingerprint density at radius 1 is 0.274 bits per heavy atom. The number of nitrogens with zero attached hydrogens (tertiary/aromatic N) is 6. The van der Waals surface area contributed by atoms with Gasteiger partial charge in [0.05, 0.1) is 33.5 Å². The highest BCUT2D eigenvalue weighted by Crippen LogP contribution is 2.42. The average molecular weight is 793 g/mol. The molecule has 12 rings (SSSR count). The van der Waals surface area contributed by atoms with Gasteiger partial charge in [-0.25, -0.2) is 9.97 Å². The molecule has 0 fully saturated rings. The average Bonchev–Trinajstić information content (AvgIpc) is 3.88. The van der Waals surface area contributed by atoms with Crippen molar-refractivity contribution in [3.63, 3.8) is 0 Å². The van der Waals surface area contributed by atoms with Crippen LogP contribution in [0.4, 0.5) is 0 Å². The van der Waals surface area contributed by atoms with Gasteiger partial charge in [-0.1, -0.05) is 164 Å². The van der Waals surface area contributed by atoms with Crippen molar-refractivity contribution < 1.29 is 0 Å². The fraction of sp³-hybridized carbons (Fsp3) is 0. The van der Waals surface area contributed by atoms with E-state index in [1.807, 2.05) is 30.3 Å². The molecule has 0 unspecified atom stereocenters. The van der Waals surface area contributed by atoms with Gasteiger partial charge in [0.25, 0.3) is 0 Å². The van der Waals surface area contributed by atoms with Crippen LogP contribution >= 0.6 is 0 Å². The summed E-state index contributed by atoms with van der Waals surface area (Å²) < 4.78 is 4.57.